The van der Waals surface area contributed by atoms with Crippen molar-refractivity contribution in [3.05, 3.63) is 36.7 Å². The van der Waals surface area contributed by atoms with E-state index in [2.05, 4.69) is 5.10 Å². The Balaban J connectivity index is 2.03. The molecule has 90 valence electrons. The maximum atomic E-state index is 8.76. The quantitative estimate of drug-likeness (QED) is 0.855. The van der Waals surface area contributed by atoms with E-state index in [0.29, 0.717) is 18.0 Å². The summed E-state index contributed by atoms with van der Waals surface area (Å²) in [5.74, 6) is 2.14. The van der Waals surface area contributed by atoms with E-state index in [1.165, 1.54) is 0 Å². The summed E-state index contributed by atoms with van der Waals surface area (Å²) in [6, 6.07) is 7.30. The number of rotatable bonds is 5. The predicted molar refractivity (Wildman–Crippen MR) is 62.4 cm³/mol. The van der Waals surface area contributed by atoms with Crippen LogP contribution in [-0.2, 0) is 6.54 Å². The first-order valence-electron chi connectivity index (χ1n) is 5.27. The summed E-state index contributed by atoms with van der Waals surface area (Å²) in [5.41, 5.74) is 0. The maximum absolute atomic E-state index is 8.76. The van der Waals surface area contributed by atoms with Crippen LogP contribution < -0.4 is 9.47 Å². The molecule has 0 saturated carbocycles. The van der Waals surface area contributed by atoms with Crippen LogP contribution in [0.15, 0.2) is 36.7 Å². The molecule has 2 aromatic rings. The smallest absolute Gasteiger partial charge is 0.165 e. The van der Waals surface area contributed by atoms with Gasteiger partial charge in [-0.1, -0.05) is 0 Å². The first-order chi connectivity index (χ1) is 8.31. The Hall–Kier alpha value is -2.01. The summed E-state index contributed by atoms with van der Waals surface area (Å²) in [6.07, 6.45) is 3.35. The standard InChI is InChI=1S/C12H14N2O3/c1-16-10-2-4-11(5-3-10)17-12-8-13-14(9-12)6-7-15/h2-5,8-9,15H,6-7H2,1H3. The SMILES string of the molecule is COc1ccc(Oc2cnn(CCO)c2)cc1. The first-order valence-corrected chi connectivity index (χ1v) is 5.27. The van der Waals surface area contributed by atoms with E-state index in [1.807, 2.05) is 24.3 Å². The van der Waals surface area contributed by atoms with Crippen molar-refractivity contribution in [3.8, 4) is 17.2 Å². The summed E-state index contributed by atoms with van der Waals surface area (Å²) in [6.45, 7) is 0.523. The fourth-order valence-electron chi connectivity index (χ4n) is 1.40. The Morgan fingerprint density at radius 3 is 2.53 bits per heavy atom. The summed E-state index contributed by atoms with van der Waals surface area (Å²) in [4.78, 5) is 0. The predicted octanol–water partition coefficient (Wildman–Crippen LogP) is 1.68. The van der Waals surface area contributed by atoms with Crippen molar-refractivity contribution in [2.75, 3.05) is 13.7 Å². The van der Waals surface area contributed by atoms with E-state index in [-0.39, 0.29) is 6.61 Å². The largest absolute Gasteiger partial charge is 0.497 e. The number of aliphatic hydroxyl groups is 1. The topological polar surface area (TPSA) is 56.5 Å². The van der Waals surface area contributed by atoms with E-state index in [0.717, 1.165) is 5.75 Å². The number of benzene rings is 1. The molecule has 0 fully saturated rings. The fraction of sp³-hybridized carbons (Fsp3) is 0.250. The number of aliphatic hydroxyl groups excluding tert-OH is 1. The second-order valence-corrected chi connectivity index (χ2v) is 3.44. The zero-order valence-corrected chi connectivity index (χ0v) is 9.54. The van der Waals surface area contributed by atoms with Gasteiger partial charge < -0.3 is 14.6 Å². The van der Waals surface area contributed by atoms with E-state index in [9.17, 15) is 0 Å². The molecule has 2 rings (SSSR count). The molecule has 1 aromatic carbocycles. The molecule has 0 aliphatic carbocycles. The summed E-state index contributed by atoms with van der Waals surface area (Å²) in [7, 11) is 1.62. The van der Waals surface area contributed by atoms with Gasteiger partial charge in [-0.2, -0.15) is 5.10 Å². The van der Waals surface area contributed by atoms with Crippen LogP contribution in [0.2, 0.25) is 0 Å². The summed E-state index contributed by atoms with van der Waals surface area (Å²) >= 11 is 0. The summed E-state index contributed by atoms with van der Waals surface area (Å²) < 4.78 is 12.3. The van der Waals surface area contributed by atoms with Gasteiger partial charge in [0.25, 0.3) is 0 Å². The van der Waals surface area contributed by atoms with E-state index in [1.54, 1.807) is 24.2 Å². The minimum absolute atomic E-state index is 0.0592. The van der Waals surface area contributed by atoms with Crippen LogP contribution in [0.1, 0.15) is 0 Å². The van der Waals surface area contributed by atoms with Crippen LogP contribution in [0, 0.1) is 0 Å². The molecular weight excluding hydrogens is 220 g/mol. The lowest BCUT2D eigenvalue weighted by atomic mass is 10.3. The van der Waals surface area contributed by atoms with Gasteiger partial charge in [0.15, 0.2) is 5.75 Å². The molecule has 1 heterocycles. The Morgan fingerprint density at radius 1 is 1.18 bits per heavy atom. The van der Waals surface area contributed by atoms with Crippen LogP contribution in [0.25, 0.3) is 0 Å². The monoisotopic (exact) mass is 234 g/mol. The van der Waals surface area contributed by atoms with Gasteiger partial charge >= 0.3 is 0 Å². The normalized spacial score (nSPS) is 10.2. The van der Waals surface area contributed by atoms with Gasteiger partial charge in [-0.05, 0) is 24.3 Å². The average molecular weight is 234 g/mol. The minimum atomic E-state index is 0.0592. The van der Waals surface area contributed by atoms with Crippen LogP contribution in [-0.4, -0.2) is 28.6 Å². The highest BCUT2D eigenvalue weighted by Crippen LogP contribution is 2.23. The molecule has 0 unspecified atom stereocenters. The number of ether oxygens (including phenoxy) is 2. The summed E-state index contributed by atoms with van der Waals surface area (Å²) in [5, 5.41) is 12.8. The molecule has 1 aromatic heterocycles. The van der Waals surface area contributed by atoms with Crippen molar-refractivity contribution in [1.29, 1.82) is 0 Å². The van der Waals surface area contributed by atoms with Crippen LogP contribution in [0.3, 0.4) is 0 Å². The van der Waals surface area contributed by atoms with E-state index in [4.69, 9.17) is 14.6 Å². The second kappa shape index (κ2) is 5.36. The molecule has 0 amide bonds. The van der Waals surface area contributed by atoms with Crippen LogP contribution in [0.4, 0.5) is 0 Å². The van der Waals surface area contributed by atoms with Gasteiger partial charge in [0, 0.05) is 0 Å². The third-order valence-electron chi connectivity index (χ3n) is 2.23. The molecule has 0 saturated heterocycles. The van der Waals surface area contributed by atoms with Gasteiger partial charge in [-0.15, -0.1) is 0 Å². The van der Waals surface area contributed by atoms with Gasteiger partial charge in [0.2, 0.25) is 0 Å². The first kappa shape index (κ1) is 11.5. The molecule has 5 nitrogen and oxygen atoms in total. The Labute approximate surface area is 99.2 Å². The molecule has 17 heavy (non-hydrogen) atoms. The van der Waals surface area contributed by atoms with Gasteiger partial charge in [-0.3, -0.25) is 4.68 Å². The Bertz CT molecular complexity index is 465. The molecular formula is C12H14N2O3. The number of methoxy groups -OCH3 is 1. The van der Waals surface area contributed by atoms with Crippen molar-refractivity contribution < 1.29 is 14.6 Å². The highest BCUT2D eigenvalue weighted by molar-refractivity contribution is 5.33. The fourth-order valence-corrected chi connectivity index (χ4v) is 1.40. The molecule has 0 bridgehead atoms. The zero-order chi connectivity index (χ0) is 12.1. The molecule has 5 heteroatoms. The van der Waals surface area contributed by atoms with Crippen molar-refractivity contribution in [2.45, 2.75) is 6.54 Å². The van der Waals surface area contributed by atoms with E-state index >= 15 is 0 Å². The van der Waals surface area contributed by atoms with Crippen molar-refractivity contribution in [2.24, 2.45) is 0 Å². The molecule has 0 atom stereocenters. The average Bonchev–Trinajstić information content (AvgIpc) is 2.78. The third kappa shape index (κ3) is 2.98. The third-order valence-corrected chi connectivity index (χ3v) is 2.23. The highest BCUT2D eigenvalue weighted by atomic mass is 16.5. The highest BCUT2D eigenvalue weighted by Gasteiger charge is 2.01. The minimum Gasteiger partial charge on any atom is -0.497 e. The molecule has 0 radical (unpaired) electrons. The van der Waals surface area contributed by atoms with Gasteiger partial charge in [0.1, 0.15) is 11.5 Å². The Kier molecular flexibility index (Phi) is 3.62. The Morgan fingerprint density at radius 2 is 1.88 bits per heavy atom. The lowest BCUT2D eigenvalue weighted by Gasteiger charge is -2.03. The lowest BCUT2D eigenvalue weighted by molar-refractivity contribution is 0.269. The number of hydrogen-bond donors (Lipinski definition) is 1. The number of hydrogen-bond acceptors (Lipinski definition) is 4. The van der Waals surface area contributed by atoms with Crippen molar-refractivity contribution in [1.82, 2.24) is 9.78 Å². The van der Waals surface area contributed by atoms with Crippen molar-refractivity contribution in [3.63, 3.8) is 0 Å². The van der Waals surface area contributed by atoms with E-state index < -0.39 is 0 Å². The lowest BCUT2D eigenvalue weighted by Crippen LogP contribution is -2.01. The molecule has 0 aliphatic rings. The van der Waals surface area contributed by atoms with Crippen LogP contribution in [0.5, 0.6) is 17.2 Å². The van der Waals surface area contributed by atoms with Gasteiger partial charge in [-0.25, -0.2) is 0 Å². The van der Waals surface area contributed by atoms with Crippen molar-refractivity contribution >= 4 is 0 Å². The number of nitrogens with zero attached hydrogens (tertiary/aromatic N) is 2. The second-order valence-electron chi connectivity index (χ2n) is 3.44. The molecule has 0 spiro atoms. The maximum Gasteiger partial charge on any atom is 0.165 e. The zero-order valence-electron chi connectivity index (χ0n) is 9.54. The molecule has 1 N–H and O–H groups in total. The number of aromatic nitrogens is 2. The van der Waals surface area contributed by atoms with Crippen LogP contribution >= 0.6 is 0 Å². The van der Waals surface area contributed by atoms with Gasteiger partial charge in [0.05, 0.1) is 32.7 Å². The molecule has 0 aliphatic heterocycles.